The van der Waals surface area contributed by atoms with Crippen molar-refractivity contribution in [1.29, 1.82) is 0 Å². The van der Waals surface area contributed by atoms with Crippen LogP contribution in [0.15, 0.2) is 17.2 Å². The fraction of sp³-hybridized carbons (Fsp3) is 0.600. The van der Waals surface area contributed by atoms with Crippen molar-refractivity contribution < 1.29 is 13.2 Å². The van der Waals surface area contributed by atoms with Gasteiger partial charge in [0.15, 0.2) is 5.82 Å². The van der Waals surface area contributed by atoms with Gasteiger partial charge in [0.25, 0.3) is 5.56 Å². The standard InChI is InChI=1S/C10H12F3N3O/c1-2-16-6-5-14-7(8(16)17)15-9(3-4-9)10(11,12)13/h5-6H,2-4H2,1H3,(H,14,15). The average molecular weight is 247 g/mol. The van der Waals surface area contributed by atoms with Gasteiger partial charge < -0.3 is 9.88 Å². The Balaban J connectivity index is 2.29. The van der Waals surface area contributed by atoms with Gasteiger partial charge >= 0.3 is 6.18 Å². The van der Waals surface area contributed by atoms with Crippen molar-refractivity contribution in [3.8, 4) is 0 Å². The minimum absolute atomic E-state index is 0.0152. The third-order valence-electron chi connectivity index (χ3n) is 2.90. The van der Waals surface area contributed by atoms with Gasteiger partial charge in [-0.15, -0.1) is 0 Å². The topological polar surface area (TPSA) is 46.9 Å². The summed E-state index contributed by atoms with van der Waals surface area (Å²) in [7, 11) is 0. The lowest BCUT2D eigenvalue weighted by Gasteiger charge is -2.21. The minimum Gasteiger partial charge on any atom is -0.352 e. The molecule has 0 atom stereocenters. The van der Waals surface area contributed by atoms with Crippen LogP contribution in [0, 0.1) is 0 Å². The Hall–Kier alpha value is -1.53. The highest BCUT2D eigenvalue weighted by atomic mass is 19.4. The molecule has 1 aromatic heterocycles. The molecular formula is C10H12F3N3O. The summed E-state index contributed by atoms with van der Waals surface area (Å²) in [6, 6.07) is 0. The molecule has 94 valence electrons. The first-order valence-electron chi connectivity index (χ1n) is 5.30. The highest BCUT2D eigenvalue weighted by Gasteiger charge is 2.64. The fourth-order valence-corrected chi connectivity index (χ4v) is 1.61. The largest absolute Gasteiger partial charge is 0.411 e. The first-order valence-corrected chi connectivity index (χ1v) is 5.30. The van der Waals surface area contributed by atoms with E-state index >= 15 is 0 Å². The third kappa shape index (κ3) is 2.01. The number of aryl methyl sites for hydroxylation is 1. The smallest absolute Gasteiger partial charge is 0.352 e. The Morgan fingerprint density at radius 3 is 2.65 bits per heavy atom. The Morgan fingerprint density at radius 2 is 2.18 bits per heavy atom. The van der Waals surface area contributed by atoms with Crippen molar-refractivity contribution in [1.82, 2.24) is 9.55 Å². The number of rotatable bonds is 3. The van der Waals surface area contributed by atoms with E-state index in [9.17, 15) is 18.0 Å². The van der Waals surface area contributed by atoms with Gasteiger partial charge in [-0.05, 0) is 19.8 Å². The van der Waals surface area contributed by atoms with Crippen LogP contribution in [-0.4, -0.2) is 21.3 Å². The number of aromatic nitrogens is 2. The van der Waals surface area contributed by atoms with Crippen molar-refractivity contribution in [2.24, 2.45) is 0 Å². The average Bonchev–Trinajstić information content (AvgIpc) is 3.01. The third-order valence-corrected chi connectivity index (χ3v) is 2.90. The van der Waals surface area contributed by atoms with Gasteiger partial charge in [-0.2, -0.15) is 13.2 Å². The molecule has 0 bridgehead atoms. The molecule has 0 amide bonds. The lowest BCUT2D eigenvalue weighted by molar-refractivity contribution is -0.151. The Bertz CT molecular complexity index is 476. The number of alkyl halides is 3. The molecule has 0 aromatic carbocycles. The summed E-state index contributed by atoms with van der Waals surface area (Å²) in [4.78, 5) is 15.4. The molecule has 1 fully saturated rings. The SMILES string of the molecule is CCn1ccnc(NC2(C(F)(F)F)CC2)c1=O. The lowest BCUT2D eigenvalue weighted by atomic mass is 10.2. The zero-order valence-corrected chi connectivity index (χ0v) is 9.21. The van der Waals surface area contributed by atoms with Crippen LogP contribution in [-0.2, 0) is 6.54 Å². The predicted molar refractivity (Wildman–Crippen MR) is 55.8 cm³/mol. The van der Waals surface area contributed by atoms with Crippen LogP contribution in [0.5, 0.6) is 0 Å². The monoisotopic (exact) mass is 247 g/mol. The molecular weight excluding hydrogens is 235 g/mol. The number of nitrogens with zero attached hydrogens (tertiary/aromatic N) is 2. The van der Waals surface area contributed by atoms with Gasteiger partial charge in [0.1, 0.15) is 5.54 Å². The first-order chi connectivity index (χ1) is 7.89. The van der Waals surface area contributed by atoms with Gasteiger partial charge in [-0.1, -0.05) is 0 Å². The van der Waals surface area contributed by atoms with Crippen molar-refractivity contribution in [3.63, 3.8) is 0 Å². The maximum atomic E-state index is 12.7. The van der Waals surface area contributed by atoms with Crippen LogP contribution in [0.25, 0.3) is 0 Å². The first kappa shape index (κ1) is 11.9. The summed E-state index contributed by atoms with van der Waals surface area (Å²) in [6.07, 6.45) is -1.62. The van der Waals surface area contributed by atoms with Gasteiger partial charge in [-0.25, -0.2) is 4.98 Å². The Morgan fingerprint density at radius 1 is 1.53 bits per heavy atom. The van der Waals surface area contributed by atoms with Gasteiger partial charge in [0, 0.05) is 18.9 Å². The maximum Gasteiger partial charge on any atom is 0.411 e. The summed E-state index contributed by atoms with van der Waals surface area (Å²) in [6.45, 7) is 2.14. The second kappa shape index (κ2) is 3.75. The number of hydrogen-bond donors (Lipinski definition) is 1. The van der Waals surface area contributed by atoms with Crippen LogP contribution < -0.4 is 10.9 Å². The van der Waals surface area contributed by atoms with E-state index in [0.29, 0.717) is 6.54 Å². The van der Waals surface area contributed by atoms with E-state index < -0.39 is 17.3 Å². The Labute approximate surface area is 95.5 Å². The van der Waals surface area contributed by atoms with Crippen molar-refractivity contribution >= 4 is 5.82 Å². The molecule has 0 saturated heterocycles. The van der Waals surface area contributed by atoms with Crippen molar-refractivity contribution in [2.45, 2.75) is 38.0 Å². The molecule has 0 spiro atoms. The lowest BCUT2D eigenvalue weighted by Crippen LogP contribution is -2.41. The van der Waals surface area contributed by atoms with E-state index in [2.05, 4.69) is 10.3 Å². The minimum atomic E-state index is -4.35. The molecule has 0 unspecified atom stereocenters. The molecule has 1 aliphatic rings. The quantitative estimate of drug-likeness (QED) is 0.885. The number of anilines is 1. The molecule has 1 aromatic rings. The van der Waals surface area contributed by atoms with E-state index in [1.807, 2.05) is 0 Å². The molecule has 4 nitrogen and oxygen atoms in total. The van der Waals surface area contributed by atoms with Crippen LogP contribution in [0.4, 0.5) is 19.0 Å². The number of halogens is 3. The second-order valence-electron chi connectivity index (χ2n) is 4.07. The van der Waals surface area contributed by atoms with Crippen LogP contribution >= 0.6 is 0 Å². The van der Waals surface area contributed by atoms with E-state index in [1.165, 1.54) is 17.0 Å². The Kier molecular flexibility index (Phi) is 2.63. The molecule has 1 saturated carbocycles. The summed E-state index contributed by atoms with van der Waals surface area (Å²) in [5, 5.41) is 2.24. The van der Waals surface area contributed by atoms with Gasteiger partial charge in [-0.3, -0.25) is 4.79 Å². The van der Waals surface area contributed by atoms with Crippen LogP contribution in [0.2, 0.25) is 0 Å². The zero-order valence-electron chi connectivity index (χ0n) is 9.21. The highest BCUT2D eigenvalue weighted by molar-refractivity contribution is 5.39. The van der Waals surface area contributed by atoms with E-state index in [-0.39, 0.29) is 18.7 Å². The summed E-state index contributed by atoms with van der Waals surface area (Å²) in [5.74, 6) is -0.232. The molecule has 1 aliphatic carbocycles. The summed E-state index contributed by atoms with van der Waals surface area (Å²) >= 11 is 0. The predicted octanol–water partition coefficient (Wildman–Crippen LogP) is 1.77. The highest BCUT2D eigenvalue weighted by Crippen LogP contribution is 2.50. The molecule has 17 heavy (non-hydrogen) atoms. The number of hydrogen-bond acceptors (Lipinski definition) is 3. The zero-order chi connectivity index (χ0) is 12.7. The van der Waals surface area contributed by atoms with E-state index in [0.717, 1.165) is 0 Å². The van der Waals surface area contributed by atoms with Gasteiger partial charge in [0.2, 0.25) is 0 Å². The molecule has 1 N–H and O–H groups in total. The summed E-state index contributed by atoms with van der Waals surface area (Å²) < 4.78 is 39.4. The van der Waals surface area contributed by atoms with Crippen LogP contribution in [0.3, 0.4) is 0 Å². The molecule has 1 heterocycles. The van der Waals surface area contributed by atoms with Crippen molar-refractivity contribution in [2.75, 3.05) is 5.32 Å². The fourth-order valence-electron chi connectivity index (χ4n) is 1.61. The van der Waals surface area contributed by atoms with E-state index in [4.69, 9.17) is 0 Å². The second-order valence-corrected chi connectivity index (χ2v) is 4.07. The molecule has 2 rings (SSSR count). The molecule has 0 radical (unpaired) electrons. The van der Waals surface area contributed by atoms with Gasteiger partial charge in [0.05, 0.1) is 0 Å². The van der Waals surface area contributed by atoms with Crippen LogP contribution in [0.1, 0.15) is 19.8 Å². The molecule has 7 heteroatoms. The summed E-state index contributed by atoms with van der Waals surface area (Å²) in [5.41, 5.74) is -2.47. The number of nitrogens with one attached hydrogen (secondary N) is 1. The van der Waals surface area contributed by atoms with E-state index in [1.54, 1.807) is 6.92 Å². The van der Waals surface area contributed by atoms with Crippen molar-refractivity contribution in [3.05, 3.63) is 22.7 Å². The normalized spacial score (nSPS) is 17.9. The molecule has 0 aliphatic heterocycles. The maximum absolute atomic E-state index is 12.7.